The van der Waals surface area contributed by atoms with Gasteiger partial charge in [-0.05, 0) is 63.3 Å². The summed E-state index contributed by atoms with van der Waals surface area (Å²) in [5.74, 6) is 0.670. The molecule has 0 aliphatic carbocycles. The van der Waals surface area contributed by atoms with Crippen molar-refractivity contribution in [2.45, 2.75) is 52.6 Å². The second-order valence-electron chi connectivity index (χ2n) is 8.14. The summed E-state index contributed by atoms with van der Waals surface area (Å²) in [5, 5.41) is 0. The summed E-state index contributed by atoms with van der Waals surface area (Å²) in [6.07, 6.45) is -1.33. The van der Waals surface area contributed by atoms with Crippen molar-refractivity contribution in [3.05, 3.63) is 22.8 Å². The first-order valence-electron chi connectivity index (χ1n) is 9.45. The molecule has 0 N–H and O–H groups in total. The quantitative estimate of drug-likeness (QED) is 0.780. The van der Waals surface area contributed by atoms with Gasteiger partial charge in [0.05, 0.1) is 18.8 Å². The van der Waals surface area contributed by atoms with Gasteiger partial charge in [-0.25, -0.2) is 13.6 Å². The zero-order chi connectivity index (χ0) is 19.8. The lowest BCUT2D eigenvalue weighted by Gasteiger charge is -2.34. The number of hydrogen-bond donors (Lipinski definition) is 0. The summed E-state index contributed by atoms with van der Waals surface area (Å²) in [4.78, 5) is 15.9. The minimum Gasteiger partial charge on any atom is -0.490 e. The Labute approximate surface area is 159 Å². The van der Waals surface area contributed by atoms with Gasteiger partial charge in [0.25, 0.3) is 6.43 Å². The zero-order valence-electron chi connectivity index (χ0n) is 16.5. The van der Waals surface area contributed by atoms with Crippen LogP contribution in [0.4, 0.5) is 19.3 Å². The number of ether oxygens (including phenoxy) is 2. The summed E-state index contributed by atoms with van der Waals surface area (Å²) < 4.78 is 37.2. The molecule has 0 spiro atoms. The van der Waals surface area contributed by atoms with E-state index in [-0.39, 0.29) is 12.6 Å². The van der Waals surface area contributed by atoms with Crippen LogP contribution in [0.25, 0.3) is 0 Å². The highest BCUT2D eigenvalue weighted by Crippen LogP contribution is 2.40. The number of halogens is 2. The smallest absolute Gasteiger partial charge is 0.410 e. The van der Waals surface area contributed by atoms with E-state index in [4.69, 9.17) is 9.47 Å². The van der Waals surface area contributed by atoms with E-state index < -0.39 is 12.0 Å². The molecule has 27 heavy (non-hydrogen) atoms. The number of nitrogens with zero attached hydrogens (tertiary/aromatic N) is 2. The summed E-state index contributed by atoms with van der Waals surface area (Å²) >= 11 is 0. The zero-order valence-corrected chi connectivity index (χ0v) is 16.5. The number of carbonyl (C=O) groups excluding carboxylic acids is 1. The molecule has 0 fully saturated rings. The lowest BCUT2D eigenvalue weighted by atomic mass is 9.94. The van der Waals surface area contributed by atoms with Crippen LogP contribution in [0.2, 0.25) is 0 Å². The molecule has 7 heteroatoms. The Morgan fingerprint density at radius 1 is 1.26 bits per heavy atom. The summed E-state index contributed by atoms with van der Waals surface area (Å²) in [5.41, 5.74) is 3.47. The van der Waals surface area contributed by atoms with Gasteiger partial charge in [-0.2, -0.15) is 0 Å². The van der Waals surface area contributed by atoms with Crippen LogP contribution >= 0.6 is 0 Å². The third-order valence-corrected chi connectivity index (χ3v) is 4.96. The standard InChI is InChI=1S/C20H28F2N2O3/c1-13-15-6-8-23(19(25)27-20(2,3)4)7-5-14(15)11-16-18(13)24(9-10-26-16)12-17(21)22/h11,17H,5-10,12H2,1-4H3. The molecule has 5 nitrogen and oxygen atoms in total. The van der Waals surface area contributed by atoms with Crippen molar-refractivity contribution in [2.75, 3.05) is 37.7 Å². The molecule has 0 radical (unpaired) electrons. The van der Waals surface area contributed by atoms with E-state index in [1.807, 2.05) is 33.8 Å². The van der Waals surface area contributed by atoms with Crippen LogP contribution in [0.15, 0.2) is 6.07 Å². The molecule has 3 rings (SSSR count). The van der Waals surface area contributed by atoms with Gasteiger partial charge in [0.15, 0.2) is 0 Å². The number of benzene rings is 1. The van der Waals surface area contributed by atoms with Crippen molar-refractivity contribution in [1.82, 2.24) is 4.90 Å². The van der Waals surface area contributed by atoms with Gasteiger partial charge in [-0.1, -0.05) is 0 Å². The first-order valence-corrected chi connectivity index (χ1v) is 9.45. The molecule has 2 aliphatic heterocycles. The molecular formula is C20H28F2N2O3. The number of alkyl halides is 2. The number of rotatable bonds is 2. The Hall–Kier alpha value is -2.05. The van der Waals surface area contributed by atoms with E-state index in [1.54, 1.807) is 9.80 Å². The Kier molecular flexibility index (Phi) is 5.49. The van der Waals surface area contributed by atoms with Crippen LogP contribution in [-0.4, -0.2) is 55.8 Å². The number of amides is 1. The maximum absolute atomic E-state index is 13.0. The Bertz CT molecular complexity index is 716. The van der Waals surface area contributed by atoms with Crippen LogP contribution in [0, 0.1) is 6.92 Å². The lowest BCUT2D eigenvalue weighted by Crippen LogP contribution is -2.38. The third-order valence-electron chi connectivity index (χ3n) is 4.96. The van der Waals surface area contributed by atoms with Crippen LogP contribution < -0.4 is 9.64 Å². The van der Waals surface area contributed by atoms with Crippen molar-refractivity contribution in [3.63, 3.8) is 0 Å². The van der Waals surface area contributed by atoms with Gasteiger partial charge < -0.3 is 19.3 Å². The van der Waals surface area contributed by atoms with E-state index in [9.17, 15) is 13.6 Å². The normalized spacial score (nSPS) is 17.1. The number of fused-ring (bicyclic) bond motifs is 2. The highest BCUT2D eigenvalue weighted by atomic mass is 19.3. The summed E-state index contributed by atoms with van der Waals surface area (Å²) in [6, 6.07) is 1.97. The molecule has 0 saturated heterocycles. The molecule has 0 saturated carbocycles. The highest BCUT2D eigenvalue weighted by Gasteiger charge is 2.29. The summed E-state index contributed by atoms with van der Waals surface area (Å²) in [6.45, 7) is 9.22. The van der Waals surface area contributed by atoms with Gasteiger partial charge in [0.2, 0.25) is 0 Å². The maximum atomic E-state index is 13.0. The highest BCUT2D eigenvalue weighted by molar-refractivity contribution is 5.71. The first kappa shape index (κ1) is 19.7. The number of anilines is 1. The van der Waals surface area contributed by atoms with Gasteiger partial charge in [0.1, 0.15) is 18.0 Å². The lowest BCUT2D eigenvalue weighted by molar-refractivity contribution is 0.0258. The first-order chi connectivity index (χ1) is 12.7. The molecule has 0 bridgehead atoms. The Balaban J connectivity index is 1.85. The molecule has 2 heterocycles. The second-order valence-corrected chi connectivity index (χ2v) is 8.14. The molecule has 0 unspecified atom stereocenters. The van der Waals surface area contributed by atoms with E-state index in [1.165, 1.54) is 0 Å². The van der Waals surface area contributed by atoms with Crippen LogP contribution in [0.3, 0.4) is 0 Å². The summed E-state index contributed by atoms with van der Waals surface area (Å²) in [7, 11) is 0. The average Bonchev–Trinajstić information content (AvgIpc) is 2.76. The monoisotopic (exact) mass is 382 g/mol. The van der Waals surface area contributed by atoms with Crippen molar-refractivity contribution in [2.24, 2.45) is 0 Å². The number of hydrogen-bond acceptors (Lipinski definition) is 4. The molecular weight excluding hydrogens is 354 g/mol. The van der Waals surface area contributed by atoms with Crippen molar-refractivity contribution in [1.29, 1.82) is 0 Å². The molecule has 150 valence electrons. The van der Waals surface area contributed by atoms with E-state index >= 15 is 0 Å². The van der Waals surface area contributed by atoms with E-state index in [0.717, 1.165) is 22.4 Å². The Morgan fingerprint density at radius 3 is 2.63 bits per heavy atom. The van der Waals surface area contributed by atoms with Crippen LogP contribution in [0.5, 0.6) is 5.75 Å². The SMILES string of the molecule is Cc1c2c(cc3c1N(CC(F)F)CCO3)CCN(C(=O)OC(C)(C)C)CC2. The predicted octanol–water partition coefficient (Wildman–Crippen LogP) is 3.79. The number of carbonyl (C=O) groups is 1. The fourth-order valence-corrected chi connectivity index (χ4v) is 3.81. The average molecular weight is 382 g/mol. The topological polar surface area (TPSA) is 42.0 Å². The van der Waals surface area contributed by atoms with Crippen LogP contribution in [0.1, 0.15) is 37.5 Å². The molecule has 1 amide bonds. The van der Waals surface area contributed by atoms with Gasteiger partial charge in [-0.3, -0.25) is 0 Å². The molecule has 0 aromatic heterocycles. The van der Waals surface area contributed by atoms with Gasteiger partial charge in [-0.15, -0.1) is 0 Å². The fourth-order valence-electron chi connectivity index (χ4n) is 3.81. The molecule has 2 aliphatic rings. The van der Waals surface area contributed by atoms with Gasteiger partial charge in [0, 0.05) is 13.1 Å². The Morgan fingerprint density at radius 2 is 1.96 bits per heavy atom. The molecule has 0 atom stereocenters. The van der Waals surface area contributed by atoms with Gasteiger partial charge >= 0.3 is 6.09 Å². The third kappa shape index (κ3) is 4.45. The minimum atomic E-state index is -2.39. The fraction of sp³-hybridized carbons (Fsp3) is 0.650. The van der Waals surface area contributed by atoms with E-state index in [2.05, 4.69) is 0 Å². The molecule has 1 aromatic rings. The van der Waals surface area contributed by atoms with E-state index in [0.29, 0.717) is 44.8 Å². The van der Waals surface area contributed by atoms with Crippen molar-refractivity contribution >= 4 is 11.8 Å². The predicted molar refractivity (Wildman–Crippen MR) is 100 cm³/mol. The molecule has 1 aromatic carbocycles. The minimum absolute atomic E-state index is 0.292. The largest absolute Gasteiger partial charge is 0.490 e. The maximum Gasteiger partial charge on any atom is 0.410 e. The van der Waals surface area contributed by atoms with Crippen molar-refractivity contribution in [3.8, 4) is 5.75 Å². The van der Waals surface area contributed by atoms with Crippen molar-refractivity contribution < 1.29 is 23.0 Å². The van der Waals surface area contributed by atoms with Crippen LogP contribution in [-0.2, 0) is 17.6 Å². The second kappa shape index (κ2) is 7.52.